The van der Waals surface area contributed by atoms with Crippen molar-refractivity contribution in [1.82, 2.24) is 15.3 Å². The highest BCUT2D eigenvalue weighted by Gasteiger charge is 2.08. The fourth-order valence-corrected chi connectivity index (χ4v) is 2.01. The van der Waals surface area contributed by atoms with Gasteiger partial charge in [0.25, 0.3) is 5.91 Å². The van der Waals surface area contributed by atoms with Gasteiger partial charge in [-0.05, 0) is 19.1 Å². The van der Waals surface area contributed by atoms with Crippen LogP contribution in [0.5, 0.6) is 0 Å². The Bertz CT molecular complexity index is 541. The van der Waals surface area contributed by atoms with E-state index >= 15 is 0 Å². The third-order valence-electron chi connectivity index (χ3n) is 2.04. The summed E-state index contributed by atoms with van der Waals surface area (Å²) in [6.45, 7) is 2.27. The third-order valence-corrected chi connectivity index (χ3v) is 2.95. The van der Waals surface area contributed by atoms with E-state index < -0.39 is 11.9 Å². The van der Waals surface area contributed by atoms with Crippen LogP contribution in [-0.2, 0) is 6.54 Å². The molecule has 0 aliphatic carbocycles. The number of nitrogens with one attached hydrogen (secondary N) is 1. The number of hydrogen-bond acceptors (Lipinski definition) is 4. The molecule has 0 aromatic carbocycles. The van der Waals surface area contributed by atoms with Crippen LogP contribution >= 0.6 is 11.3 Å². The summed E-state index contributed by atoms with van der Waals surface area (Å²) in [5, 5.41) is 3.60. The molecule has 0 saturated carbocycles. The van der Waals surface area contributed by atoms with Gasteiger partial charge >= 0.3 is 0 Å². The molecule has 2 rings (SSSR count). The zero-order valence-electron chi connectivity index (χ0n) is 9.11. The molecule has 17 heavy (non-hydrogen) atoms. The molecule has 0 spiro atoms. The van der Waals surface area contributed by atoms with E-state index in [1.807, 2.05) is 6.92 Å². The quantitative estimate of drug-likeness (QED) is 0.848. The summed E-state index contributed by atoms with van der Waals surface area (Å²) in [4.78, 5) is 20.1. The van der Waals surface area contributed by atoms with Gasteiger partial charge in [-0.1, -0.05) is 6.07 Å². The summed E-state index contributed by atoms with van der Waals surface area (Å²) < 4.78 is 12.8. The van der Waals surface area contributed by atoms with Gasteiger partial charge in [0, 0.05) is 11.1 Å². The zero-order chi connectivity index (χ0) is 12.3. The first-order valence-corrected chi connectivity index (χ1v) is 5.79. The number of thiazole rings is 1. The number of pyridine rings is 1. The molecule has 0 radical (unpaired) electrons. The van der Waals surface area contributed by atoms with E-state index in [4.69, 9.17) is 0 Å². The van der Waals surface area contributed by atoms with Gasteiger partial charge in [-0.15, -0.1) is 11.3 Å². The molecule has 2 aromatic heterocycles. The van der Waals surface area contributed by atoms with Crippen molar-refractivity contribution in [3.05, 3.63) is 45.9 Å². The van der Waals surface area contributed by atoms with Crippen molar-refractivity contribution in [3.8, 4) is 0 Å². The van der Waals surface area contributed by atoms with Gasteiger partial charge in [-0.3, -0.25) is 4.79 Å². The van der Waals surface area contributed by atoms with E-state index in [2.05, 4.69) is 15.3 Å². The first-order valence-electron chi connectivity index (χ1n) is 4.97. The number of carbonyl (C=O) groups is 1. The normalized spacial score (nSPS) is 10.2. The lowest BCUT2D eigenvalue weighted by Gasteiger charge is -2.02. The number of aryl methyl sites for hydroxylation is 1. The minimum atomic E-state index is -0.661. The van der Waals surface area contributed by atoms with Crippen LogP contribution in [0.4, 0.5) is 4.39 Å². The lowest BCUT2D eigenvalue weighted by molar-refractivity contribution is 0.0945. The van der Waals surface area contributed by atoms with E-state index in [9.17, 15) is 9.18 Å². The van der Waals surface area contributed by atoms with Crippen molar-refractivity contribution in [1.29, 1.82) is 0 Å². The maximum Gasteiger partial charge on any atom is 0.270 e. The summed E-state index contributed by atoms with van der Waals surface area (Å²) in [5.74, 6) is -1.05. The molecular weight excluding hydrogens is 241 g/mol. The molecule has 2 heterocycles. The number of carbonyl (C=O) groups excluding carboxylic acids is 1. The molecule has 1 N–H and O–H groups in total. The summed E-state index contributed by atoms with van der Waals surface area (Å²) in [5.41, 5.74) is 0.0752. The number of rotatable bonds is 3. The standard InChI is InChI=1S/C11H10FN3OS/c1-7-13-5-8(17-7)6-14-11(16)9-3-2-4-10(12)15-9/h2-5H,6H2,1H3,(H,14,16). The highest BCUT2D eigenvalue weighted by molar-refractivity contribution is 7.11. The van der Waals surface area contributed by atoms with Crippen LogP contribution in [0.3, 0.4) is 0 Å². The van der Waals surface area contributed by atoms with Crippen molar-refractivity contribution >= 4 is 17.2 Å². The van der Waals surface area contributed by atoms with Gasteiger partial charge in [0.1, 0.15) is 5.69 Å². The molecule has 6 heteroatoms. The largest absolute Gasteiger partial charge is 0.346 e. The molecular formula is C11H10FN3OS. The molecule has 1 amide bonds. The van der Waals surface area contributed by atoms with Gasteiger partial charge in [-0.25, -0.2) is 9.97 Å². The second-order valence-electron chi connectivity index (χ2n) is 3.37. The number of hydrogen-bond donors (Lipinski definition) is 1. The molecule has 0 aliphatic rings. The van der Waals surface area contributed by atoms with Gasteiger partial charge < -0.3 is 5.32 Å². The Morgan fingerprint density at radius 1 is 1.53 bits per heavy atom. The molecule has 88 valence electrons. The first kappa shape index (κ1) is 11.7. The Kier molecular flexibility index (Phi) is 3.43. The van der Waals surface area contributed by atoms with Crippen molar-refractivity contribution in [3.63, 3.8) is 0 Å². The molecule has 0 fully saturated rings. The Morgan fingerprint density at radius 2 is 2.35 bits per heavy atom. The minimum absolute atomic E-state index is 0.0752. The fraction of sp³-hybridized carbons (Fsp3) is 0.182. The van der Waals surface area contributed by atoms with E-state index in [0.717, 1.165) is 9.88 Å². The summed E-state index contributed by atoms with van der Waals surface area (Å²) in [6, 6.07) is 4.12. The SMILES string of the molecule is Cc1ncc(CNC(=O)c2cccc(F)n2)s1. The number of amides is 1. The average Bonchev–Trinajstić information content (AvgIpc) is 2.72. The molecule has 0 saturated heterocycles. The minimum Gasteiger partial charge on any atom is -0.346 e. The van der Waals surface area contributed by atoms with Crippen LogP contribution < -0.4 is 5.32 Å². The summed E-state index contributed by atoms with van der Waals surface area (Å²) >= 11 is 1.51. The van der Waals surface area contributed by atoms with Crippen LogP contribution in [0.25, 0.3) is 0 Å². The Hall–Kier alpha value is -1.82. The van der Waals surface area contributed by atoms with Crippen LogP contribution in [0.1, 0.15) is 20.4 Å². The number of aromatic nitrogens is 2. The molecule has 0 aliphatic heterocycles. The lowest BCUT2D eigenvalue weighted by atomic mass is 10.3. The summed E-state index contributed by atoms with van der Waals surface area (Å²) in [7, 11) is 0. The van der Waals surface area contributed by atoms with E-state index in [0.29, 0.717) is 6.54 Å². The molecule has 0 atom stereocenters. The fourth-order valence-electron chi connectivity index (χ4n) is 1.28. The predicted molar refractivity (Wildman–Crippen MR) is 62.2 cm³/mol. The van der Waals surface area contributed by atoms with Crippen molar-refractivity contribution in [2.24, 2.45) is 0 Å². The lowest BCUT2D eigenvalue weighted by Crippen LogP contribution is -2.23. The predicted octanol–water partition coefficient (Wildman–Crippen LogP) is 1.92. The first-order chi connectivity index (χ1) is 8.15. The third kappa shape index (κ3) is 3.07. The molecule has 0 bridgehead atoms. The number of halogens is 1. The monoisotopic (exact) mass is 251 g/mol. The molecule has 0 unspecified atom stereocenters. The van der Waals surface area contributed by atoms with Gasteiger partial charge in [0.2, 0.25) is 5.95 Å². The van der Waals surface area contributed by atoms with E-state index in [-0.39, 0.29) is 5.69 Å². The maximum absolute atomic E-state index is 12.8. The van der Waals surface area contributed by atoms with Gasteiger partial charge in [-0.2, -0.15) is 4.39 Å². The van der Waals surface area contributed by atoms with E-state index in [1.54, 1.807) is 6.20 Å². The van der Waals surface area contributed by atoms with Crippen LogP contribution in [0.2, 0.25) is 0 Å². The van der Waals surface area contributed by atoms with Crippen LogP contribution in [0, 0.1) is 12.9 Å². The number of nitrogens with zero attached hydrogens (tertiary/aromatic N) is 2. The van der Waals surface area contributed by atoms with Crippen molar-refractivity contribution in [2.75, 3.05) is 0 Å². The second kappa shape index (κ2) is 5.01. The Labute approximate surface area is 102 Å². The summed E-state index contributed by atoms with van der Waals surface area (Å²) in [6.07, 6.45) is 1.71. The molecule has 2 aromatic rings. The topological polar surface area (TPSA) is 54.9 Å². The van der Waals surface area contributed by atoms with Gasteiger partial charge in [0.05, 0.1) is 11.6 Å². The van der Waals surface area contributed by atoms with Gasteiger partial charge in [0.15, 0.2) is 0 Å². The second-order valence-corrected chi connectivity index (χ2v) is 4.69. The molecule has 4 nitrogen and oxygen atoms in total. The van der Waals surface area contributed by atoms with E-state index in [1.165, 1.54) is 29.5 Å². The smallest absolute Gasteiger partial charge is 0.270 e. The zero-order valence-corrected chi connectivity index (χ0v) is 9.92. The van der Waals surface area contributed by atoms with Crippen molar-refractivity contribution in [2.45, 2.75) is 13.5 Å². The Morgan fingerprint density at radius 3 is 3.00 bits per heavy atom. The Balaban J connectivity index is 1.98. The average molecular weight is 251 g/mol. The maximum atomic E-state index is 12.8. The van der Waals surface area contributed by atoms with Crippen molar-refractivity contribution < 1.29 is 9.18 Å². The highest BCUT2D eigenvalue weighted by Crippen LogP contribution is 2.10. The van der Waals surface area contributed by atoms with Crippen LogP contribution in [0.15, 0.2) is 24.4 Å². The van der Waals surface area contributed by atoms with Crippen LogP contribution in [-0.4, -0.2) is 15.9 Å². The highest BCUT2D eigenvalue weighted by atomic mass is 32.1.